The third-order valence-corrected chi connectivity index (χ3v) is 3.70. The highest BCUT2D eigenvalue weighted by atomic mass is 35.5. The van der Waals surface area contributed by atoms with Crippen molar-refractivity contribution in [2.75, 3.05) is 0 Å². The van der Waals surface area contributed by atoms with Gasteiger partial charge in [0, 0.05) is 14.5 Å². The summed E-state index contributed by atoms with van der Waals surface area (Å²) in [4.78, 5) is 0. The molecule has 3 rings (SSSR count). The van der Waals surface area contributed by atoms with Gasteiger partial charge in [-0.3, -0.25) is 0 Å². The zero-order valence-corrected chi connectivity index (χ0v) is 10.5. The summed E-state index contributed by atoms with van der Waals surface area (Å²) in [5.41, 5.74) is 1.33. The van der Waals surface area contributed by atoms with Crippen LogP contribution in [0.5, 0.6) is 0 Å². The molecule has 86 valence electrons. The van der Waals surface area contributed by atoms with Crippen molar-refractivity contribution in [3.63, 3.8) is 0 Å². The molecule has 0 nitrogen and oxygen atoms in total. The van der Waals surface area contributed by atoms with E-state index in [9.17, 15) is 0 Å². The second-order valence-electron chi connectivity index (χ2n) is 4.06. The number of alkyl halides is 2. The molecule has 0 N–H and O–H groups in total. The fourth-order valence-electron chi connectivity index (χ4n) is 2.10. The van der Waals surface area contributed by atoms with E-state index in [1.165, 1.54) is 0 Å². The second kappa shape index (κ2) is 4.04. The zero-order chi connectivity index (χ0) is 13.7. The molecule has 1 aliphatic carbocycles. The zero-order valence-electron chi connectivity index (χ0n) is 11.0. The van der Waals surface area contributed by atoms with Gasteiger partial charge in [-0.05, 0) is 11.1 Å². The van der Waals surface area contributed by atoms with Gasteiger partial charge < -0.3 is 0 Å². The Morgan fingerprint density at radius 1 is 0.765 bits per heavy atom. The standard InChI is InChI=1S/C15H12Cl2/c16-15(17)13(11-7-3-1-4-8-11)14(15)12-9-5-2-6-10-12/h1-10,13-14H/t13-,14+/i13D,14D. The molecule has 0 aromatic heterocycles. The van der Waals surface area contributed by atoms with Gasteiger partial charge in [-0.2, -0.15) is 0 Å². The smallest absolute Gasteiger partial charge is 0.100 e. The number of hydrogen-bond acceptors (Lipinski definition) is 0. The molecule has 2 heteroatoms. The third-order valence-electron chi connectivity index (χ3n) is 2.94. The average Bonchev–Trinajstić information content (AvgIpc) is 2.82. The van der Waals surface area contributed by atoms with E-state index in [1.54, 1.807) is 24.3 Å². The Kier molecular flexibility index (Phi) is 2.14. The molecule has 0 spiro atoms. The van der Waals surface area contributed by atoms with Gasteiger partial charge in [-0.1, -0.05) is 60.7 Å². The lowest BCUT2D eigenvalue weighted by molar-refractivity contribution is 1.03. The Hall–Kier alpha value is -0.980. The molecule has 2 aromatic rings. The first kappa shape index (κ1) is 9.02. The van der Waals surface area contributed by atoms with Crippen molar-refractivity contribution in [2.45, 2.75) is 16.1 Å². The second-order valence-corrected chi connectivity index (χ2v) is 5.38. The molecule has 0 heterocycles. The average molecular weight is 265 g/mol. The van der Waals surface area contributed by atoms with Crippen molar-refractivity contribution in [2.24, 2.45) is 0 Å². The molecule has 1 aliphatic rings. The molecular weight excluding hydrogens is 251 g/mol. The Balaban J connectivity index is 2.15. The lowest BCUT2D eigenvalue weighted by Gasteiger charge is -1.99. The lowest BCUT2D eigenvalue weighted by Crippen LogP contribution is -1.90. The normalized spacial score (nSPS) is 35.9. The fourth-order valence-corrected chi connectivity index (χ4v) is 2.82. The first-order valence-corrected chi connectivity index (χ1v) is 6.21. The van der Waals surface area contributed by atoms with E-state index in [0.717, 1.165) is 0 Å². The van der Waals surface area contributed by atoms with Gasteiger partial charge in [0.05, 0.1) is 0 Å². The van der Waals surface area contributed by atoms with Crippen molar-refractivity contribution < 1.29 is 2.74 Å². The molecule has 0 aliphatic heterocycles. The van der Waals surface area contributed by atoms with Gasteiger partial charge in [-0.15, -0.1) is 23.2 Å². The molecule has 1 saturated carbocycles. The largest absolute Gasteiger partial charge is 0.133 e. The molecule has 0 amide bonds. The van der Waals surface area contributed by atoms with E-state index in [1.807, 2.05) is 36.4 Å². The van der Waals surface area contributed by atoms with E-state index in [2.05, 4.69) is 0 Å². The van der Waals surface area contributed by atoms with Gasteiger partial charge >= 0.3 is 0 Å². The lowest BCUT2D eigenvalue weighted by atomic mass is 10.0. The van der Waals surface area contributed by atoms with Gasteiger partial charge in [0.1, 0.15) is 4.33 Å². The SMILES string of the molecule is [2H][C@]1(c2ccccc2)C(Cl)(Cl)[C@@]1([2H])c1ccccc1. The predicted molar refractivity (Wildman–Crippen MR) is 72.8 cm³/mol. The van der Waals surface area contributed by atoms with Crippen LogP contribution < -0.4 is 0 Å². The molecular formula is C15H12Cl2. The molecule has 0 radical (unpaired) electrons. The maximum absolute atomic E-state index is 8.63. The van der Waals surface area contributed by atoms with E-state index in [-0.39, 0.29) is 0 Å². The van der Waals surface area contributed by atoms with Crippen LogP contribution in [0.1, 0.15) is 25.7 Å². The third kappa shape index (κ3) is 1.86. The maximum Gasteiger partial charge on any atom is 0.133 e. The number of rotatable bonds is 2. The fraction of sp³-hybridized carbons (Fsp3) is 0.200. The molecule has 2 atom stereocenters. The Morgan fingerprint density at radius 3 is 1.47 bits per heavy atom. The highest BCUT2D eigenvalue weighted by Crippen LogP contribution is 2.69. The van der Waals surface area contributed by atoms with Crippen LogP contribution in [0.25, 0.3) is 0 Å². The van der Waals surface area contributed by atoms with E-state index in [0.29, 0.717) is 11.1 Å². The predicted octanol–water partition coefficient (Wildman–Crippen LogP) is 4.74. The van der Waals surface area contributed by atoms with Gasteiger partial charge in [-0.25, -0.2) is 0 Å². The molecule has 2 aromatic carbocycles. The first-order chi connectivity index (χ1) is 8.96. The number of hydrogen-bond donors (Lipinski definition) is 0. The van der Waals surface area contributed by atoms with Crippen molar-refractivity contribution in [3.05, 3.63) is 71.8 Å². The van der Waals surface area contributed by atoms with Gasteiger partial charge in [0.15, 0.2) is 0 Å². The van der Waals surface area contributed by atoms with Crippen molar-refractivity contribution in [1.82, 2.24) is 0 Å². The highest BCUT2D eigenvalue weighted by Gasteiger charge is 2.64. The van der Waals surface area contributed by atoms with Crippen LogP contribution in [0, 0.1) is 0 Å². The van der Waals surface area contributed by atoms with E-state index >= 15 is 0 Å². The van der Waals surface area contributed by atoms with Crippen molar-refractivity contribution in [3.8, 4) is 0 Å². The van der Waals surface area contributed by atoms with Crippen LogP contribution in [-0.2, 0) is 0 Å². The topological polar surface area (TPSA) is 0 Å². The summed E-state index contributed by atoms with van der Waals surface area (Å²) in [7, 11) is 0. The van der Waals surface area contributed by atoms with E-state index in [4.69, 9.17) is 25.9 Å². The molecule has 1 fully saturated rings. The highest BCUT2D eigenvalue weighted by molar-refractivity contribution is 6.52. The number of halogens is 2. The summed E-state index contributed by atoms with van der Waals surface area (Å²) < 4.78 is 15.8. The minimum atomic E-state index is -1.46. The Bertz CT molecular complexity index is 547. The van der Waals surface area contributed by atoms with Crippen molar-refractivity contribution >= 4 is 23.2 Å². The Morgan fingerprint density at radius 2 is 1.12 bits per heavy atom. The quantitative estimate of drug-likeness (QED) is 0.688. The van der Waals surface area contributed by atoms with Crippen LogP contribution in [0.4, 0.5) is 0 Å². The van der Waals surface area contributed by atoms with Crippen LogP contribution in [0.15, 0.2) is 60.7 Å². The van der Waals surface area contributed by atoms with Gasteiger partial charge in [0.2, 0.25) is 0 Å². The van der Waals surface area contributed by atoms with Crippen LogP contribution in [-0.4, -0.2) is 4.33 Å². The summed E-state index contributed by atoms with van der Waals surface area (Å²) in [6, 6.07) is 18.3. The van der Waals surface area contributed by atoms with Crippen LogP contribution in [0.3, 0.4) is 0 Å². The Labute approximate surface area is 114 Å². The molecule has 0 bridgehead atoms. The summed E-state index contributed by atoms with van der Waals surface area (Å²) in [6.07, 6.45) is 0. The van der Waals surface area contributed by atoms with Crippen LogP contribution in [0.2, 0.25) is 0 Å². The summed E-state index contributed by atoms with van der Waals surface area (Å²) in [5.74, 6) is -2.71. The molecule has 0 unspecified atom stereocenters. The van der Waals surface area contributed by atoms with E-state index < -0.39 is 16.1 Å². The van der Waals surface area contributed by atoms with Crippen molar-refractivity contribution in [1.29, 1.82) is 0 Å². The summed E-state index contributed by atoms with van der Waals surface area (Å²) in [6.45, 7) is 0. The maximum atomic E-state index is 8.63. The number of benzene rings is 2. The summed E-state index contributed by atoms with van der Waals surface area (Å²) in [5, 5.41) is 0. The van der Waals surface area contributed by atoms with Crippen LogP contribution >= 0.6 is 23.2 Å². The first-order valence-electron chi connectivity index (χ1n) is 6.45. The van der Waals surface area contributed by atoms with Gasteiger partial charge in [0.25, 0.3) is 0 Å². The monoisotopic (exact) mass is 264 g/mol. The molecule has 0 saturated heterocycles. The molecule has 17 heavy (non-hydrogen) atoms. The minimum absolute atomic E-state index is 0.666. The minimum Gasteiger partial charge on any atom is -0.100 e. The summed E-state index contributed by atoms with van der Waals surface area (Å²) >= 11 is 12.6.